The molecule has 1 aliphatic rings. The second-order valence-electron chi connectivity index (χ2n) is 9.86. The number of ether oxygens (including phenoxy) is 2. The number of aryl methyl sites for hydroxylation is 2. The first-order chi connectivity index (χ1) is 20.1. The average molecular weight is 569 g/mol. The van der Waals surface area contributed by atoms with Crippen LogP contribution in [-0.2, 0) is 27.1 Å². The SMILES string of the molecule is [N-]=[N+]=NCCOCCOCCNC(=O)c1ncc([C@@H](CCCCCCc2ccc3c(n2)NCCC3)CC(=O)O)cn1. The molecule has 0 saturated heterocycles. The number of carboxylic acid groups (broad SMARTS) is 1. The van der Waals surface area contributed by atoms with E-state index in [9.17, 15) is 14.7 Å². The summed E-state index contributed by atoms with van der Waals surface area (Å²) in [4.78, 5) is 39.5. The molecule has 3 heterocycles. The number of hydrogen-bond donors (Lipinski definition) is 3. The zero-order valence-electron chi connectivity index (χ0n) is 23.5. The van der Waals surface area contributed by atoms with Crippen LogP contribution in [0, 0.1) is 0 Å². The standard InChI is InChI=1S/C28H40N8O5/c29-36-34-13-15-41-17-16-40-14-12-31-28(39)27-32-19-23(20-33-27)22(18-25(37)38)6-3-1-2-4-8-24-10-9-21-7-5-11-30-26(21)35-24/h9-10,19-20,22H,1-8,11-18H2,(H,30,35)(H,31,39)(H,37,38)/t22-/m0/s1. The van der Waals surface area contributed by atoms with Crippen LogP contribution in [0.25, 0.3) is 10.4 Å². The van der Waals surface area contributed by atoms with E-state index in [1.807, 2.05) is 0 Å². The molecule has 0 spiro atoms. The number of aromatic nitrogens is 3. The Morgan fingerprint density at radius 3 is 2.66 bits per heavy atom. The van der Waals surface area contributed by atoms with Crippen molar-refractivity contribution in [2.75, 3.05) is 51.4 Å². The van der Waals surface area contributed by atoms with Crippen molar-refractivity contribution in [1.29, 1.82) is 0 Å². The molecule has 222 valence electrons. The summed E-state index contributed by atoms with van der Waals surface area (Å²) in [5, 5.41) is 18.8. The zero-order valence-corrected chi connectivity index (χ0v) is 23.5. The van der Waals surface area contributed by atoms with Gasteiger partial charge in [0.25, 0.3) is 5.91 Å². The van der Waals surface area contributed by atoms with Crippen LogP contribution in [-0.4, -0.2) is 78.0 Å². The Kier molecular flexibility index (Phi) is 14.3. The van der Waals surface area contributed by atoms with E-state index in [1.54, 1.807) is 12.4 Å². The number of amides is 1. The minimum absolute atomic E-state index is 0.00641. The molecule has 41 heavy (non-hydrogen) atoms. The number of nitrogens with one attached hydrogen (secondary N) is 2. The quantitative estimate of drug-likeness (QED) is 0.0917. The van der Waals surface area contributed by atoms with Crippen molar-refractivity contribution >= 4 is 17.7 Å². The Bertz CT molecular complexity index is 1140. The van der Waals surface area contributed by atoms with Crippen LogP contribution in [0.1, 0.15) is 78.3 Å². The van der Waals surface area contributed by atoms with E-state index in [0.29, 0.717) is 26.4 Å². The minimum Gasteiger partial charge on any atom is -0.481 e. The van der Waals surface area contributed by atoms with E-state index in [1.165, 1.54) is 5.56 Å². The third kappa shape index (κ3) is 12.1. The molecule has 0 aliphatic carbocycles. The summed E-state index contributed by atoms with van der Waals surface area (Å²) in [6.07, 6.45) is 11.0. The number of carbonyl (C=O) groups excluding carboxylic acids is 1. The lowest BCUT2D eigenvalue weighted by Crippen LogP contribution is -2.29. The lowest BCUT2D eigenvalue weighted by atomic mass is 9.92. The molecule has 13 heteroatoms. The van der Waals surface area contributed by atoms with Crippen LogP contribution < -0.4 is 10.6 Å². The molecule has 1 atom stereocenters. The van der Waals surface area contributed by atoms with E-state index in [4.69, 9.17) is 20.0 Å². The number of rotatable bonds is 20. The minimum atomic E-state index is -0.870. The first-order valence-electron chi connectivity index (χ1n) is 14.3. The third-order valence-corrected chi connectivity index (χ3v) is 6.76. The summed E-state index contributed by atoms with van der Waals surface area (Å²) in [7, 11) is 0. The number of azide groups is 1. The summed E-state index contributed by atoms with van der Waals surface area (Å²) in [5.74, 6) is -0.450. The monoisotopic (exact) mass is 568 g/mol. The number of unbranched alkanes of at least 4 members (excludes halogenated alkanes) is 3. The van der Waals surface area contributed by atoms with Crippen LogP contribution in [0.15, 0.2) is 29.6 Å². The van der Waals surface area contributed by atoms with Gasteiger partial charge in [0.2, 0.25) is 5.82 Å². The maximum atomic E-state index is 12.3. The van der Waals surface area contributed by atoms with Crippen molar-refractivity contribution in [2.24, 2.45) is 5.11 Å². The topological polar surface area (TPSA) is 184 Å². The molecule has 0 radical (unpaired) electrons. The Labute approximate surface area is 240 Å². The molecule has 0 aromatic carbocycles. The van der Waals surface area contributed by atoms with Crippen molar-refractivity contribution in [3.8, 4) is 0 Å². The summed E-state index contributed by atoms with van der Waals surface area (Å²) in [6, 6.07) is 4.31. The summed E-state index contributed by atoms with van der Waals surface area (Å²) >= 11 is 0. The molecule has 1 amide bonds. The van der Waals surface area contributed by atoms with Crippen molar-refractivity contribution in [1.82, 2.24) is 20.3 Å². The fraction of sp³-hybridized carbons (Fsp3) is 0.607. The molecule has 3 rings (SSSR count). The van der Waals surface area contributed by atoms with Gasteiger partial charge in [-0.05, 0) is 60.7 Å². The van der Waals surface area contributed by atoms with Gasteiger partial charge < -0.3 is 25.2 Å². The maximum absolute atomic E-state index is 12.3. The van der Waals surface area contributed by atoms with Gasteiger partial charge in [0.15, 0.2) is 0 Å². The van der Waals surface area contributed by atoms with Gasteiger partial charge in [-0.25, -0.2) is 15.0 Å². The maximum Gasteiger partial charge on any atom is 0.303 e. The number of aliphatic carboxylic acids is 1. The number of nitrogens with zero attached hydrogens (tertiary/aromatic N) is 6. The smallest absolute Gasteiger partial charge is 0.303 e. The molecule has 0 fully saturated rings. The normalized spacial score (nSPS) is 13.0. The van der Waals surface area contributed by atoms with Crippen molar-refractivity contribution < 1.29 is 24.2 Å². The van der Waals surface area contributed by atoms with Crippen LogP contribution in [0.3, 0.4) is 0 Å². The molecule has 2 aromatic rings. The first-order valence-corrected chi connectivity index (χ1v) is 14.3. The molecule has 1 aliphatic heterocycles. The molecule has 13 nitrogen and oxygen atoms in total. The van der Waals surface area contributed by atoms with Gasteiger partial charge >= 0.3 is 5.97 Å². The number of carbonyl (C=O) groups is 2. The van der Waals surface area contributed by atoms with E-state index in [0.717, 1.165) is 75.0 Å². The largest absolute Gasteiger partial charge is 0.481 e. The van der Waals surface area contributed by atoms with Gasteiger partial charge in [0, 0.05) is 42.6 Å². The second kappa shape index (κ2) is 18.5. The highest BCUT2D eigenvalue weighted by atomic mass is 16.5. The second-order valence-corrected chi connectivity index (χ2v) is 9.86. The van der Waals surface area contributed by atoms with Crippen molar-refractivity contribution in [2.45, 2.75) is 63.7 Å². The highest BCUT2D eigenvalue weighted by Gasteiger charge is 2.18. The van der Waals surface area contributed by atoms with Gasteiger partial charge in [0.05, 0.1) is 32.8 Å². The lowest BCUT2D eigenvalue weighted by molar-refractivity contribution is -0.137. The van der Waals surface area contributed by atoms with E-state index in [2.05, 4.69) is 42.8 Å². The molecule has 0 saturated carbocycles. The Morgan fingerprint density at radius 2 is 1.88 bits per heavy atom. The van der Waals surface area contributed by atoms with Crippen LogP contribution in [0.5, 0.6) is 0 Å². The molecule has 0 unspecified atom stereocenters. The Hall–Kier alpha value is -3.80. The van der Waals surface area contributed by atoms with Gasteiger partial charge in [-0.1, -0.05) is 30.4 Å². The van der Waals surface area contributed by atoms with Crippen molar-refractivity contribution in [3.05, 3.63) is 57.6 Å². The zero-order chi connectivity index (χ0) is 29.1. The molecule has 2 aromatic heterocycles. The summed E-state index contributed by atoms with van der Waals surface area (Å²) < 4.78 is 10.6. The highest BCUT2D eigenvalue weighted by molar-refractivity contribution is 5.90. The van der Waals surface area contributed by atoms with Crippen molar-refractivity contribution in [3.63, 3.8) is 0 Å². The number of fused-ring (bicyclic) bond motifs is 1. The molecule has 3 N–H and O–H groups in total. The Morgan fingerprint density at radius 1 is 1.10 bits per heavy atom. The fourth-order valence-electron chi connectivity index (χ4n) is 4.61. The third-order valence-electron chi connectivity index (χ3n) is 6.76. The number of hydrogen-bond acceptors (Lipinski definition) is 9. The Balaban J connectivity index is 1.33. The average Bonchev–Trinajstić information content (AvgIpc) is 2.99. The van der Waals surface area contributed by atoms with Crippen LogP contribution in [0.4, 0.5) is 5.82 Å². The summed E-state index contributed by atoms with van der Waals surface area (Å²) in [6.45, 7) is 2.88. The number of anilines is 1. The van der Waals surface area contributed by atoms with Gasteiger partial charge in [0.1, 0.15) is 5.82 Å². The van der Waals surface area contributed by atoms with E-state index < -0.39 is 11.9 Å². The van der Waals surface area contributed by atoms with Crippen LogP contribution >= 0.6 is 0 Å². The lowest BCUT2D eigenvalue weighted by Gasteiger charge is -2.17. The van der Waals surface area contributed by atoms with E-state index in [-0.39, 0.29) is 31.3 Å². The van der Waals surface area contributed by atoms with E-state index >= 15 is 0 Å². The van der Waals surface area contributed by atoms with Gasteiger partial charge in [-0.2, -0.15) is 0 Å². The highest BCUT2D eigenvalue weighted by Crippen LogP contribution is 2.26. The van der Waals surface area contributed by atoms with Gasteiger partial charge in [-0.15, -0.1) is 0 Å². The number of carboxylic acids is 1. The first kappa shape index (κ1) is 31.7. The predicted octanol–water partition coefficient (Wildman–Crippen LogP) is 4.05. The van der Waals surface area contributed by atoms with Gasteiger partial charge in [-0.3, -0.25) is 9.59 Å². The predicted molar refractivity (Wildman–Crippen MR) is 153 cm³/mol. The molecular weight excluding hydrogens is 528 g/mol. The van der Waals surface area contributed by atoms with Crippen LogP contribution in [0.2, 0.25) is 0 Å². The molecule has 0 bridgehead atoms. The number of pyridine rings is 1. The fourth-order valence-corrected chi connectivity index (χ4v) is 4.61. The molecular formula is C28H40N8O5. The summed E-state index contributed by atoms with van der Waals surface area (Å²) in [5.41, 5.74) is 11.3.